The lowest BCUT2D eigenvalue weighted by atomic mass is 9.85. The van der Waals surface area contributed by atoms with Crippen LogP contribution >= 0.6 is 23.2 Å². The molecule has 2 rings (SSSR count). The van der Waals surface area contributed by atoms with Crippen LogP contribution in [0.2, 0.25) is 10.0 Å². The second kappa shape index (κ2) is 7.47. The van der Waals surface area contributed by atoms with Crippen molar-refractivity contribution in [2.75, 3.05) is 19.6 Å². The highest BCUT2D eigenvalue weighted by Crippen LogP contribution is 2.32. The number of nitrogens with zero attached hydrogens (tertiary/aromatic N) is 1. The Morgan fingerprint density at radius 2 is 1.18 bits per heavy atom. The van der Waals surface area contributed by atoms with Gasteiger partial charge in [0.25, 0.3) is 0 Å². The van der Waals surface area contributed by atoms with Crippen LogP contribution in [0, 0.1) is 0 Å². The van der Waals surface area contributed by atoms with Crippen molar-refractivity contribution >= 4 is 23.2 Å². The Labute approximate surface area is 142 Å². The van der Waals surface area contributed by atoms with Gasteiger partial charge in [-0.05, 0) is 48.5 Å². The summed E-state index contributed by atoms with van der Waals surface area (Å²) in [5.41, 5.74) is 0.554. The van der Waals surface area contributed by atoms with Crippen LogP contribution in [0.1, 0.15) is 25.0 Å². The first kappa shape index (κ1) is 17.3. The first-order valence-corrected chi connectivity index (χ1v) is 8.22. The molecule has 0 saturated carbocycles. The molecule has 0 atom stereocenters. The second-order valence-electron chi connectivity index (χ2n) is 5.34. The summed E-state index contributed by atoms with van der Waals surface area (Å²) in [6, 6.07) is 14.7. The summed E-state index contributed by atoms with van der Waals surface area (Å²) in [4.78, 5) is 2.20. The van der Waals surface area contributed by atoms with Crippen LogP contribution in [0.3, 0.4) is 0 Å². The minimum atomic E-state index is -1.10. The van der Waals surface area contributed by atoms with Gasteiger partial charge in [-0.15, -0.1) is 0 Å². The number of hydrogen-bond donors (Lipinski definition) is 1. The minimum absolute atomic E-state index is 0.517. The maximum absolute atomic E-state index is 11.4. The number of likely N-dealkylation sites (N-methyl/N-ethyl adjacent to an activating group) is 1. The van der Waals surface area contributed by atoms with Crippen LogP contribution < -0.4 is 0 Å². The van der Waals surface area contributed by atoms with E-state index >= 15 is 0 Å². The monoisotopic (exact) mass is 337 g/mol. The molecule has 0 fully saturated rings. The average Bonchev–Trinajstić information content (AvgIpc) is 2.53. The molecule has 0 bridgehead atoms. The van der Waals surface area contributed by atoms with Crippen molar-refractivity contribution in [2.45, 2.75) is 19.4 Å². The first-order chi connectivity index (χ1) is 10.5. The van der Waals surface area contributed by atoms with E-state index in [1.165, 1.54) is 0 Å². The molecule has 0 spiro atoms. The Kier molecular flexibility index (Phi) is 5.87. The van der Waals surface area contributed by atoms with Crippen LogP contribution in [-0.2, 0) is 5.60 Å². The van der Waals surface area contributed by atoms with E-state index < -0.39 is 5.60 Å². The molecular weight excluding hydrogens is 317 g/mol. The quantitative estimate of drug-likeness (QED) is 0.834. The lowest BCUT2D eigenvalue weighted by molar-refractivity contribution is 0.0389. The van der Waals surface area contributed by atoms with Crippen molar-refractivity contribution in [3.8, 4) is 0 Å². The van der Waals surface area contributed by atoms with Crippen molar-refractivity contribution in [1.29, 1.82) is 0 Å². The Morgan fingerprint density at radius 1 is 0.818 bits per heavy atom. The molecule has 0 amide bonds. The lowest BCUT2D eigenvalue weighted by Crippen LogP contribution is -2.41. The Hall–Kier alpha value is -1.06. The average molecular weight is 338 g/mol. The van der Waals surface area contributed by atoms with Gasteiger partial charge in [0.2, 0.25) is 0 Å². The molecule has 2 aromatic rings. The fourth-order valence-electron chi connectivity index (χ4n) is 2.57. The highest BCUT2D eigenvalue weighted by molar-refractivity contribution is 6.30. The molecule has 22 heavy (non-hydrogen) atoms. The van der Waals surface area contributed by atoms with Gasteiger partial charge in [0.15, 0.2) is 0 Å². The minimum Gasteiger partial charge on any atom is -0.379 e. The lowest BCUT2D eigenvalue weighted by Gasteiger charge is -2.34. The molecule has 2 nitrogen and oxygen atoms in total. The molecule has 0 radical (unpaired) electrons. The third-order valence-corrected chi connectivity index (χ3v) is 4.49. The van der Waals surface area contributed by atoms with Crippen molar-refractivity contribution in [3.05, 3.63) is 69.7 Å². The van der Waals surface area contributed by atoms with Crippen LogP contribution in [0.4, 0.5) is 0 Å². The number of hydrogen-bond acceptors (Lipinski definition) is 2. The maximum Gasteiger partial charge on any atom is 0.127 e. The summed E-state index contributed by atoms with van der Waals surface area (Å²) in [5.74, 6) is 0. The summed E-state index contributed by atoms with van der Waals surface area (Å²) < 4.78 is 0. The molecule has 118 valence electrons. The number of benzene rings is 2. The summed E-state index contributed by atoms with van der Waals surface area (Å²) >= 11 is 12.0. The summed E-state index contributed by atoms with van der Waals surface area (Å²) in [5, 5.41) is 12.8. The predicted octanol–water partition coefficient (Wildman–Crippen LogP) is 4.57. The van der Waals surface area contributed by atoms with Gasteiger partial charge in [-0.3, -0.25) is 0 Å². The summed E-state index contributed by atoms with van der Waals surface area (Å²) in [7, 11) is 0. The summed E-state index contributed by atoms with van der Waals surface area (Å²) in [6.45, 7) is 6.45. The molecule has 2 aromatic carbocycles. The molecule has 0 aliphatic carbocycles. The van der Waals surface area contributed by atoms with Gasteiger partial charge in [-0.1, -0.05) is 61.3 Å². The van der Waals surface area contributed by atoms with Crippen LogP contribution in [0.15, 0.2) is 48.5 Å². The van der Waals surface area contributed by atoms with E-state index in [0.717, 1.165) is 24.2 Å². The smallest absolute Gasteiger partial charge is 0.127 e. The standard InChI is InChI=1S/C18H21Cl2NO/c1-3-21(4-2)13-18(22,14-5-9-16(19)10-6-14)15-7-11-17(20)12-8-15/h5-12,22H,3-4,13H2,1-2H3. The Bertz CT molecular complexity index is 546. The van der Waals surface area contributed by atoms with Crippen LogP contribution in [-0.4, -0.2) is 29.6 Å². The van der Waals surface area contributed by atoms with Gasteiger partial charge in [-0.2, -0.15) is 0 Å². The molecule has 0 unspecified atom stereocenters. The van der Waals surface area contributed by atoms with Crippen molar-refractivity contribution < 1.29 is 5.11 Å². The second-order valence-corrected chi connectivity index (χ2v) is 6.21. The molecule has 0 aliphatic heterocycles. The van der Waals surface area contributed by atoms with Gasteiger partial charge in [0.1, 0.15) is 5.60 Å². The maximum atomic E-state index is 11.4. The third-order valence-electron chi connectivity index (χ3n) is 3.99. The van der Waals surface area contributed by atoms with Crippen LogP contribution in [0.5, 0.6) is 0 Å². The van der Waals surface area contributed by atoms with E-state index in [2.05, 4.69) is 18.7 Å². The summed E-state index contributed by atoms with van der Waals surface area (Å²) in [6.07, 6.45) is 0. The van der Waals surface area contributed by atoms with Crippen molar-refractivity contribution in [3.63, 3.8) is 0 Å². The van der Waals surface area contributed by atoms with E-state index in [1.807, 2.05) is 24.3 Å². The van der Waals surface area contributed by atoms with Gasteiger partial charge in [0, 0.05) is 16.6 Å². The normalized spacial score (nSPS) is 11.9. The van der Waals surface area contributed by atoms with Crippen molar-refractivity contribution in [2.24, 2.45) is 0 Å². The fourth-order valence-corrected chi connectivity index (χ4v) is 2.82. The molecule has 0 saturated heterocycles. The third kappa shape index (κ3) is 3.82. The predicted molar refractivity (Wildman–Crippen MR) is 93.7 cm³/mol. The number of aliphatic hydroxyl groups is 1. The Balaban J connectivity index is 2.47. The molecule has 0 aliphatic rings. The zero-order valence-electron chi connectivity index (χ0n) is 12.9. The van der Waals surface area contributed by atoms with E-state index in [4.69, 9.17) is 23.2 Å². The molecule has 4 heteroatoms. The largest absolute Gasteiger partial charge is 0.379 e. The van der Waals surface area contributed by atoms with E-state index in [-0.39, 0.29) is 0 Å². The molecule has 0 aromatic heterocycles. The van der Waals surface area contributed by atoms with E-state index in [1.54, 1.807) is 24.3 Å². The zero-order valence-corrected chi connectivity index (χ0v) is 14.4. The Morgan fingerprint density at radius 3 is 1.50 bits per heavy atom. The van der Waals surface area contributed by atoms with E-state index in [9.17, 15) is 5.11 Å². The van der Waals surface area contributed by atoms with Crippen LogP contribution in [0.25, 0.3) is 0 Å². The van der Waals surface area contributed by atoms with Gasteiger partial charge >= 0.3 is 0 Å². The SMILES string of the molecule is CCN(CC)CC(O)(c1ccc(Cl)cc1)c1ccc(Cl)cc1. The van der Waals surface area contributed by atoms with Gasteiger partial charge in [0.05, 0.1) is 0 Å². The van der Waals surface area contributed by atoms with E-state index in [0.29, 0.717) is 16.6 Å². The molecule has 1 N–H and O–H groups in total. The topological polar surface area (TPSA) is 23.5 Å². The highest BCUT2D eigenvalue weighted by atomic mass is 35.5. The zero-order chi connectivity index (χ0) is 16.2. The number of halogens is 2. The number of rotatable bonds is 6. The van der Waals surface area contributed by atoms with Gasteiger partial charge < -0.3 is 10.0 Å². The molecular formula is C18H21Cl2NO. The van der Waals surface area contributed by atoms with Crippen molar-refractivity contribution in [1.82, 2.24) is 4.90 Å². The fraction of sp³-hybridized carbons (Fsp3) is 0.333. The first-order valence-electron chi connectivity index (χ1n) is 7.46. The van der Waals surface area contributed by atoms with Gasteiger partial charge in [-0.25, -0.2) is 0 Å². The highest BCUT2D eigenvalue weighted by Gasteiger charge is 2.33. The molecule has 0 heterocycles.